The van der Waals surface area contributed by atoms with E-state index in [2.05, 4.69) is 14.8 Å². The van der Waals surface area contributed by atoms with E-state index in [9.17, 15) is 4.79 Å². The van der Waals surface area contributed by atoms with Gasteiger partial charge in [-0.15, -0.1) is 0 Å². The normalized spacial score (nSPS) is 27.5. The Kier molecular flexibility index (Phi) is 3.58. The molecule has 1 saturated carbocycles. The Morgan fingerprint density at radius 1 is 1.62 bits per heavy atom. The Balaban J connectivity index is 2.50. The summed E-state index contributed by atoms with van der Waals surface area (Å²) in [5.74, 6) is -0.257. The van der Waals surface area contributed by atoms with Gasteiger partial charge in [-0.25, -0.2) is 0 Å². The van der Waals surface area contributed by atoms with Crippen LogP contribution in [0.5, 0.6) is 0 Å². The summed E-state index contributed by atoms with van der Waals surface area (Å²) in [5, 5.41) is 3.62. The van der Waals surface area contributed by atoms with Gasteiger partial charge in [-0.2, -0.15) is 0 Å². The van der Waals surface area contributed by atoms with Gasteiger partial charge in [0, 0.05) is 11.0 Å². The molecule has 1 aliphatic rings. The lowest BCUT2D eigenvalue weighted by Gasteiger charge is -2.23. The molecule has 0 aromatic carbocycles. The van der Waals surface area contributed by atoms with Gasteiger partial charge in [0.1, 0.15) is 0 Å². The number of esters is 1. The van der Waals surface area contributed by atoms with E-state index in [4.69, 9.17) is 5.53 Å². The van der Waals surface area contributed by atoms with E-state index in [1.54, 1.807) is 0 Å². The third-order valence-electron chi connectivity index (χ3n) is 2.40. The number of ether oxygens (including phenoxy) is 1. The van der Waals surface area contributed by atoms with E-state index in [0.29, 0.717) is 6.42 Å². The fourth-order valence-corrected chi connectivity index (χ4v) is 1.72. The Labute approximate surface area is 76.7 Å². The zero-order valence-electron chi connectivity index (χ0n) is 7.64. The second-order valence-electron chi connectivity index (χ2n) is 3.25. The molecule has 5 heteroatoms. The minimum atomic E-state index is -0.183. The highest BCUT2D eigenvalue weighted by molar-refractivity contribution is 5.72. The maximum atomic E-state index is 11.2. The summed E-state index contributed by atoms with van der Waals surface area (Å²) in [4.78, 5) is 13.9. The van der Waals surface area contributed by atoms with Crippen molar-refractivity contribution in [2.24, 2.45) is 11.0 Å². The summed E-state index contributed by atoms with van der Waals surface area (Å²) in [6.07, 6.45) is 3.31. The predicted octanol–water partition coefficient (Wildman–Crippen LogP) is 2.03. The molecule has 0 aliphatic heterocycles. The average molecular weight is 183 g/mol. The number of rotatable bonds is 2. The molecule has 1 fully saturated rings. The number of hydrogen-bond donors (Lipinski definition) is 0. The lowest BCUT2D eigenvalue weighted by Crippen LogP contribution is -2.25. The first-order valence-electron chi connectivity index (χ1n) is 4.40. The first-order valence-corrected chi connectivity index (χ1v) is 4.40. The number of hydrogen-bond acceptors (Lipinski definition) is 3. The Hall–Kier alpha value is -1.22. The van der Waals surface area contributed by atoms with Crippen molar-refractivity contribution in [2.45, 2.75) is 31.7 Å². The third-order valence-corrected chi connectivity index (χ3v) is 2.40. The molecule has 0 amide bonds. The van der Waals surface area contributed by atoms with E-state index >= 15 is 0 Å². The number of carbonyl (C=O) groups excluding carboxylic acids is 1. The van der Waals surface area contributed by atoms with Crippen LogP contribution in [-0.4, -0.2) is 19.1 Å². The van der Waals surface area contributed by atoms with Crippen LogP contribution in [0.2, 0.25) is 0 Å². The average Bonchev–Trinajstić information content (AvgIpc) is 2.18. The smallest absolute Gasteiger partial charge is 0.308 e. The van der Waals surface area contributed by atoms with Gasteiger partial charge in [-0.1, -0.05) is 11.5 Å². The first-order chi connectivity index (χ1) is 6.27. The van der Waals surface area contributed by atoms with Crippen LogP contribution < -0.4 is 0 Å². The molecule has 0 heterocycles. The van der Waals surface area contributed by atoms with Crippen LogP contribution >= 0.6 is 0 Å². The highest BCUT2D eigenvalue weighted by atomic mass is 16.5. The van der Waals surface area contributed by atoms with E-state index in [1.807, 2.05) is 0 Å². The van der Waals surface area contributed by atoms with Crippen molar-refractivity contribution in [2.75, 3.05) is 7.11 Å². The summed E-state index contributed by atoms with van der Waals surface area (Å²) in [6, 6.07) is -0.0251. The lowest BCUT2D eigenvalue weighted by molar-refractivity contribution is -0.146. The first kappa shape index (κ1) is 9.86. The van der Waals surface area contributed by atoms with Crippen molar-refractivity contribution >= 4 is 5.97 Å². The minimum absolute atomic E-state index is 0.0251. The van der Waals surface area contributed by atoms with Crippen LogP contribution in [0.4, 0.5) is 0 Å². The molecule has 2 atom stereocenters. The van der Waals surface area contributed by atoms with Crippen molar-refractivity contribution in [1.82, 2.24) is 0 Å². The van der Waals surface area contributed by atoms with E-state index < -0.39 is 0 Å². The van der Waals surface area contributed by atoms with Gasteiger partial charge in [-0.3, -0.25) is 4.79 Å². The molecule has 0 saturated heterocycles. The standard InChI is InChI=1S/C8H13N3O2/c1-13-8(12)6-3-2-4-7(5-6)10-11-9/h6-7H,2-5H2,1H3/t6-,7-/m0/s1. The number of methoxy groups -OCH3 is 1. The molecule has 0 aromatic heterocycles. The van der Waals surface area contributed by atoms with Crippen LogP contribution in [-0.2, 0) is 9.53 Å². The SMILES string of the molecule is COC(=O)[C@H]1CCC[C@H](N=[N+]=[N-])C1. The van der Waals surface area contributed by atoms with Gasteiger partial charge < -0.3 is 4.74 Å². The highest BCUT2D eigenvalue weighted by Gasteiger charge is 2.26. The lowest BCUT2D eigenvalue weighted by atomic mass is 9.86. The molecular formula is C8H13N3O2. The molecular weight excluding hydrogens is 170 g/mol. The zero-order valence-corrected chi connectivity index (χ0v) is 7.64. The third kappa shape index (κ3) is 2.63. The fraction of sp³-hybridized carbons (Fsp3) is 0.875. The van der Waals surface area contributed by atoms with E-state index in [-0.39, 0.29) is 17.9 Å². The van der Waals surface area contributed by atoms with Crippen molar-refractivity contribution in [3.8, 4) is 0 Å². The largest absolute Gasteiger partial charge is 0.469 e. The zero-order chi connectivity index (χ0) is 9.68. The summed E-state index contributed by atoms with van der Waals surface area (Å²) in [6.45, 7) is 0. The van der Waals surface area contributed by atoms with Crippen LogP contribution in [0.25, 0.3) is 10.4 Å². The number of nitrogens with zero attached hydrogens (tertiary/aromatic N) is 3. The number of azide groups is 1. The molecule has 0 aromatic rings. The van der Waals surface area contributed by atoms with E-state index in [1.165, 1.54) is 7.11 Å². The maximum Gasteiger partial charge on any atom is 0.308 e. The van der Waals surface area contributed by atoms with Crippen molar-refractivity contribution in [1.29, 1.82) is 0 Å². The van der Waals surface area contributed by atoms with Crippen molar-refractivity contribution < 1.29 is 9.53 Å². The Bertz CT molecular complexity index is 236. The molecule has 1 aliphatic carbocycles. The van der Waals surface area contributed by atoms with Gasteiger partial charge in [0.15, 0.2) is 0 Å². The molecule has 0 unspecified atom stereocenters. The fourth-order valence-electron chi connectivity index (χ4n) is 1.72. The molecule has 72 valence electrons. The molecule has 0 spiro atoms. The second kappa shape index (κ2) is 4.72. The van der Waals surface area contributed by atoms with Gasteiger partial charge in [0.2, 0.25) is 0 Å². The van der Waals surface area contributed by atoms with E-state index in [0.717, 1.165) is 19.3 Å². The van der Waals surface area contributed by atoms with Gasteiger partial charge in [0.25, 0.3) is 0 Å². The maximum absolute atomic E-state index is 11.2. The van der Waals surface area contributed by atoms with Gasteiger partial charge >= 0.3 is 5.97 Å². The molecule has 13 heavy (non-hydrogen) atoms. The van der Waals surface area contributed by atoms with Gasteiger partial charge in [0.05, 0.1) is 13.0 Å². The van der Waals surface area contributed by atoms with Crippen LogP contribution in [0.1, 0.15) is 25.7 Å². The monoisotopic (exact) mass is 183 g/mol. The van der Waals surface area contributed by atoms with Crippen LogP contribution in [0, 0.1) is 5.92 Å². The molecule has 0 bridgehead atoms. The van der Waals surface area contributed by atoms with Crippen molar-refractivity contribution in [3.05, 3.63) is 10.4 Å². The summed E-state index contributed by atoms with van der Waals surface area (Å²) < 4.78 is 4.64. The van der Waals surface area contributed by atoms with Crippen LogP contribution in [0.15, 0.2) is 5.11 Å². The molecule has 0 N–H and O–H groups in total. The molecule has 1 rings (SSSR count). The second-order valence-corrected chi connectivity index (χ2v) is 3.25. The quantitative estimate of drug-likeness (QED) is 0.284. The number of carbonyl (C=O) groups is 1. The molecule has 0 radical (unpaired) electrons. The summed E-state index contributed by atoms with van der Waals surface area (Å²) in [7, 11) is 1.39. The van der Waals surface area contributed by atoms with Crippen molar-refractivity contribution in [3.63, 3.8) is 0 Å². The van der Waals surface area contributed by atoms with Crippen LogP contribution in [0.3, 0.4) is 0 Å². The summed E-state index contributed by atoms with van der Waals surface area (Å²) >= 11 is 0. The highest BCUT2D eigenvalue weighted by Crippen LogP contribution is 2.27. The Morgan fingerprint density at radius 3 is 3.00 bits per heavy atom. The predicted molar refractivity (Wildman–Crippen MR) is 46.9 cm³/mol. The minimum Gasteiger partial charge on any atom is -0.469 e. The molecule has 5 nitrogen and oxygen atoms in total. The summed E-state index contributed by atoms with van der Waals surface area (Å²) in [5.41, 5.74) is 8.24. The Morgan fingerprint density at radius 2 is 2.38 bits per heavy atom. The van der Waals surface area contributed by atoms with Gasteiger partial charge in [-0.05, 0) is 24.8 Å². The topological polar surface area (TPSA) is 75.1 Å².